The van der Waals surface area contributed by atoms with Crippen LogP contribution in [0.1, 0.15) is 43.6 Å². The van der Waals surface area contributed by atoms with Crippen molar-refractivity contribution in [3.8, 4) is 0 Å². The number of hydrogen-bond acceptors (Lipinski definition) is 2. The summed E-state index contributed by atoms with van der Waals surface area (Å²) < 4.78 is 13.8. The molecule has 3 rings (SSSR count). The average Bonchev–Trinajstić information content (AvgIpc) is 2.86. The van der Waals surface area contributed by atoms with Crippen LogP contribution in [-0.4, -0.2) is 30.1 Å². The molecule has 1 saturated carbocycles. The standard InChI is InChI=1S/C16H23FN2.2ClH/c17-16-4-2-1-3-15(16)12-5-7-14(8-6-12)19-10-9-13(18)11-19;;/h1-4,12-14H,5-11,18H2;2*1H. The molecule has 0 spiro atoms. The Hall–Kier alpha value is -0.350. The summed E-state index contributed by atoms with van der Waals surface area (Å²) in [5.74, 6) is 0.378. The van der Waals surface area contributed by atoms with Gasteiger partial charge in [-0.05, 0) is 49.7 Å². The third-order valence-corrected chi connectivity index (χ3v) is 4.81. The van der Waals surface area contributed by atoms with E-state index in [2.05, 4.69) is 4.90 Å². The number of benzene rings is 1. The van der Waals surface area contributed by atoms with Gasteiger partial charge < -0.3 is 5.73 Å². The van der Waals surface area contributed by atoms with Crippen molar-refractivity contribution in [2.24, 2.45) is 5.73 Å². The first kappa shape index (κ1) is 18.7. The van der Waals surface area contributed by atoms with Crippen LogP contribution in [0, 0.1) is 5.82 Å². The molecule has 2 aliphatic rings. The van der Waals surface area contributed by atoms with Crippen LogP contribution < -0.4 is 5.73 Å². The quantitative estimate of drug-likeness (QED) is 0.892. The van der Waals surface area contributed by atoms with Crippen molar-refractivity contribution in [2.75, 3.05) is 13.1 Å². The van der Waals surface area contributed by atoms with E-state index in [4.69, 9.17) is 5.73 Å². The molecule has 2 fully saturated rings. The van der Waals surface area contributed by atoms with Gasteiger partial charge in [-0.25, -0.2) is 4.39 Å². The van der Waals surface area contributed by atoms with E-state index in [1.165, 1.54) is 12.8 Å². The molecule has 5 heteroatoms. The highest BCUT2D eigenvalue weighted by atomic mass is 35.5. The summed E-state index contributed by atoms with van der Waals surface area (Å²) in [6.07, 6.45) is 5.72. The van der Waals surface area contributed by atoms with E-state index in [0.29, 0.717) is 18.0 Å². The molecule has 120 valence electrons. The molecule has 2 N–H and O–H groups in total. The number of rotatable bonds is 2. The maximum Gasteiger partial charge on any atom is 0.126 e. The van der Waals surface area contributed by atoms with E-state index in [1.807, 2.05) is 12.1 Å². The maximum absolute atomic E-state index is 13.8. The molecule has 0 radical (unpaired) electrons. The van der Waals surface area contributed by atoms with E-state index in [-0.39, 0.29) is 30.6 Å². The SMILES string of the molecule is Cl.Cl.NC1CCN(C2CCC(c3ccccc3F)CC2)C1. The minimum Gasteiger partial charge on any atom is -0.326 e. The van der Waals surface area contributed by atoms with Gasteiger partial charge in [0.15, 0.2) is 0 Å². The van der Waals surface area contributed by atoms with Gasteiger partial charge in [-0.3, -0.25) is 4.90 Å². The molecule has 1 unspecified atom stereocenters. The summed E-state index contributed by atoms with van der Waals surface area (Å²) in [6.45, 7) is 2.20. The van der Waals surface area contributed by atoms with Crippen molar-refractivity contribution in [3.05, 3.63) is 35.6 Å². The Balaban J connectivity index is 0.00000110. The van der Waals surface area contributed by atoms with Gasteiger partial charge in [0.05, 0.1) is 0 Å². The minimum absolute atomic E-state index is 0. The molecule has 1 aromatic carbocycles. The van der Waals surface area contributed by atoms with Gasteiger partial charge in [-0.1, -0.05) is 18.2 Å². The van der Waals surface area contributed by atoms with Crippen LogP contribution >= 0.6 is 24.8 Å². The highest BCUT2D eigenvalue weighted by Gasteiger charge is 2.30. The first-order chi connectivity index (χ1) is 9.24. The van der Waals surface area contributed by atoms with Gasteiger partial charge in [-0.2, -0.15) is 0 Å². The zero-order valence-electron chi connectivity index (χ0n) is 12.2. The molecule has 1 atom stereocenters. The van der Waals surface area contributed by atoms with E-state index >= 15 is 0 Å². The van der Waals surface area contributed by atoms with Gasteiger partial charge in [0.1, 0.15) is 5.82 Å². The molecule has 1 heterocycles. The zero-order valence-corrected chi connectivity index (χ0v) is 13.8. The van der Waals surface area contributed by atoms with Gasteiger partial charge >= 0.3 is 0 Å². The molecule has 21 heavy (non-hydrogen) atoms. The molecule has 1 aromatic rings. The molecule has 1 aliphatic carbocycles. The molecule has 0 bridgehead atoms. The summed E-state index contributed by atoms with van der Waals surface area (Å²) in [5.41, 5.74) is 6.89. The molecule has 0 amide bonds. The van der Waals surface area contributed by atoms with E-state index in [1.54, 1.807) is 12.1 Å². The Bertz CT molecular complexity index is 436. The molecular weight excluding hydrogens is 310 g/mol. The second-order valence-corrected chi connectivity index (χ2v) is 6.07. The van der Waals surface area contributed by atoms with Crippen molar-refractivity contribution in [1.29, 1.82) is 0 Å². The van der Waals surface area contributed by atoms with Crippen molar-refractivity contribution >= 4 is 24.8 Å². The summed E-state index contributed by atoms with van der Waals surface area (Å²) in [4.78, 5) is 2.54. The molecule has 1 saturated heterocycles. The van der Waals surface area contributed by atoms with Gasteiger partial charge in [-0.15, -0.1) is 24.8 Å². The predicted octanol–water partition coefficient (Wildman–Crippen LogP) is 3.73. The largest absolute Gasteiger partial charge is 0.326 e. The summed E-state index contributed by atoms with van der Waals surface area (Å²) in [5, 5.41) is 0. The van der Waals surface area contributed by atoms with Crippen LogP contribution in [0.3, 0.4) is 0 Å². The highest BCUT2D eigenvalue weighted by molar-refractivity contribution is 5.85. The van der Waals surface area contributed by atoms with Crippen LogP contribution in [0.25, 0.3) is 0 Å². The number of nitrogens with zero attached hydrogens (tertiary/aromatic N) is 1. The average molecular weight is 335 g/mol. The first-order valence-electron chi connectivity index (χ1n) is 7.48. The van der Waals surface area contributed by atoms with Crippen LogP contribution in [-0.2, 0) is 0 Å². The monoisotopic (exact) mass is 334 g/mol. The Labute approximate surface area is 139 Å². The Morgan fingerprint density at radius 2 is 1.67 bits per heavy atom. The second kappa shape index (κ2) is 8.33. The normalized spacial score (nSPS) is 29.5. The summed E-state index contributed by atoms with van der Waals surface area (Å²) in [6, 6.07) is 8.30. The van der Waals surface area contributed by atoms with E-state index < -0.39 is 0 Å². The lowest BCUT2D eigenvalue weighted by Gasteiger charge is -2.34. The Morgan fingerprint density at radius 1 is 1.00 bits per heavy atom. The van der Waals surface area contributed by atoms with E-state index in [9.17, 15) is 4.39 Å². The molecular formula is C16H25Cl2FN2. The predicted molar refractivity (Wildman–Crippen MR) is 90.1 cm³/mol. The van der Waals surface area contributed by atoms with Gasteiger partial charge in [0, 0.05) is 25.2 Å². The number of likely N-dealkylation sites (tertiary alicyclic amines) is 1. The summed E-state index contributed by atoms with van der Waals surface area (Å²) >= 11 is 0. The molecule has 1 aliphatic heterocycles. The van der Waals surface area contributed by atoms with Gasteiger partial charge in [0.25, 0.3) is 0 Å². The number of nitrogens with two attached hydrogens (primary N) is 1. The molecule has 2 nitrogen and oxygen atoms in total. The minimum atomic E-state index is -0.0332. The first-order valence-corrected chi connectivity index (χ1v) is 7.48. The lowest BCUT2D eigenvalue weighted by Crippen LogP contribution is -2.37. The smallest absolute Gasteiger partial charge is 0.126 e. The lowest BCUT2D eigenvalue weighted by molar-refractivity contribution is 0.179. The Morgan fingerprint density at radius 3 is 2.24 bits per heavy atom. The zero-order chi connectivity index (χ0) is 13.2. The van der Waals surface area contributed by atoms with Crippen LogP contribution in [0.2, 0.25) is 0 Å². The fraction of sp³-hybridized carbons (Fsp3) is 0.625. The third kappa shape index (κ3) is 4.32. The van der Waals surface area contributed by atoms with E-state index in [0.717, 1.165) is 37.9 Å². The van der Waals surface area contributed by atoms with Crippen LogP contribution in [0.4, 0.5) is 4.39 Å². The maximum atomic E-state index is 13.8. The fourth-order valence-corrected chi connectivity index (χ4v) is 3.71. The Kier molecular flexibility index (Phi) is 7.41. The molecule has 0 aromatic heterocycles. The van der Waals surface area contributed by atoms with Crippen LogP contribution in [0.15, 0.2) is 24.3 Å². The highest BCUT2D eigenvalue weighted by Crippen LogP contribution is 2.36. The van der Waals surface area contributed by atoms with Crippen LogP contribution in [0.5, 0.6) is 0 Å². The summed E-state index contributed by atoms with van der Waals surface area (Å²) in [7, 11) is 0. The lowest BCUT2D eigenvalue weighted by atomic mass is 9.81. The van der Waals surface area contributed by atoms with Crippen molar-refractivity contribution in [1.82, 2.24) is 4.90 Å². The second-order valence-electron chi connectivity index (χ2n) is 6.07. The topological polar surface area (TPSA) is 29.3 Å². The number of hydrogen-bond donors (Lipinski definition) is 1. The third-order valence-electron chi connectivity index (χ3n) is 4.81. The van der Waals surface area contributed by atoms with Crippen molar-refractivity contribution in [2.45, 2.75) is 50.1 Å². The number of halogens is 3. The van der Waals surface area contributed by atoms with Gasteiger partial charge in [0.2, 0.25) is 0 Å². The fourth-order valence-electron chi connectivity index (χ4n) is 3.71. The van der Waals surface area contributed by atoms with Crippen molar-refractivity contribution in [3.63, 3.8) is 0 Å². The van der Waals surface area contributed by atoms with Crippen molar-refractivity contribution < 1.29 is 4.39 Å².